The van der Waals surface area contributed by atoms with Crippen molar-refractivity contribution < 1.29 is 9.18 Å². The molecule has 0 heterocycles. The largest absolute Gasteiger partial charge is 0.298 e. The van der Waals surface area contributed by atoms with E-state index in [1.54, 1.807) is 0 Å². The fourth-order valence-corrected chi connectivity index (χ4v) is 0.802. The topological polar surface area (TPSA) is 17.1 Å². The summed E-state index contributed by atoms with van der Waals surface area (Å²) < 4.78 is 12.8. The van der Waals surface area contributed by atoms with Gasteiger partial charge in [-0.1, -0.05) is 18.5 Å². The molecule has 0 aromatic heterocycles. The van der Waals surface area contributed by atoms with Crippen molar-refractivity contribution in [2.45, 2.75) is 6.32 Å². The van der Waals surface area contributed by atoms with Gasteiger partial charge in [0.05, 0.1) is 7.85 Å². The first-order valence-electron chi connectivity index (χ1n) is 3.21. The molecule has 0 unspecified atom stereocenters. The van der Waals surface area contributed by atoms with Crippen molar-refractivity contribution in [3.63, 3.8) is 0 Å². The highest BCUT2D eigenvalue weighted by atomic mass is 19.1. The van der Waals surface area contributed by atoms with E-state index in [2.05, 4.69) is 0 Å². The summed E-state index contributed by atoms with van der Waals surface area (Å²) in [4.78, 5) is 10.2. The molecule has 1 aromatic rings. The Morgan fingerprint density at radius 1 is 1.55 bits per heavy atom. The highest BCUT2D eigenvalue weighted by Gasteiger charge is 1.99. The van der Waals surface area contributed by atoms with Gasteiger partial charge in [0.25, 0.3) is 0 Å². The van der Waals surface area contributed by atoms with Gasteiger partial charge in [-0.3, -0.25) is 4.79 Å². The summed E-state index contributed by atoms with van der Waals surface area (Å²) in [7, 11) is 5.21. The lowest BCUT2D eigenvalue weighted by atomic mass is 9.96. The van der Waals surface area contributed by atoms with Gasteiger partial charge in [-0.25, -0.2) is 4.39 Å². The van der Waals surface area contributed by atoms with Gasteiger partial charge in [0.15, 0.2) is 0 Å². The number of hydrogen-bond donors (Lipinski definition) is 0. The number of aldehydes is 1. The predicted molar refractivity (Wildman–Crippen MR) is 41.2 cm³/mol. The van der Waals surface area contributed by atoms with Gasteiger partial charge in [0.1, 0.15) is 12.1 Å². The minimum absolute atomic E-state index is 0.158. The molecule has 0 aliphatic carbocycles. The second kappa shape index (κ2) is 3.33. The number of benzene rings is 1. The van der Waals surface area contributed by atoms with Crippen LogP contribution >= 0.6 is 0 Å². The van der Waals surface area contributed by atoms with E-state index in [0.717, 1.165) is 0 Å². The fraction of sp³-hybridized carbons (Fsp3) is 0.125. The van der Waals surface area contributed by atoms with Gasteiger partial charge in [0, 0.05) is 5.56 Å². The highest BCUT2D eigenvalue weighted by molar-refractivity contribution is 6.08. The molecular formula is C8H6BFO. The molecular weight excluding hydrogens is 142 g/mol. The lowest BCUT2D eigenvalue weighted by Gasteiger charge is -1.98. The third-order valence-electron chi connectivity index (χ3n) is 1.43. The fourth-order valence-electron chi connectivity index (χ4n) is 0.802. The zero-order chi connectivity index (χ0) is 8.27. The molecule has 0 saturated carbocycles. The number of carbonyl (C=O) groups excluding carboxylic acids is 1. The average molecular weight is 148 g/mol. The van der Waals surface area contributed by atoms with Crippen LogP contribution < -0.4 is 0 Å². The molecule has 3 heteroatoms. The van der Waals surface area contributed by atoms with Gasteiger partial charge >= 0.3 is 0 Å². The van der Waals surface area contributed by atoms with Crippen LogP contribution in [0.2, 0.25) is 0 Å². The first kappa shape index (κ1) is 7.99. The minimum Gasteiger partial charge on any atom is -0.298 e. The number of halogens is 1. The first-order valence-corrected chi connectivity index (χ1v) is 3.21. The first-order chi connectivity index (χ1) is 5.27. The molecule has 0 saturated heterocycles. The van der Waals surface area contributed by atoms with Crippen LogP contribution in [-0.4, -0.2) is 14.1 Å². The van der Waals surface area contributed by atoms with E-state index in [9.17, 15) is 9.18 Å². The molecule has 0 aliphatic rings. The monoisotopic (exact) mass is 148 g/mol. The van der Waals surface area contributed by atoms with Gasteiger partial charge in [-0.05, 0) is 11.6 Å². The number of carbonyl (C=O) groups is 1. The Balaban J connectivity index is 3.09. The molecule has 1 nitrogen and oxygen atoms in total. The number of hydrogen-bond acceptors (Lipinski definition) is 1. The summed E-state index contributed by atoms with van der Waals surface area (Å²) in [6, 6.07) is 4.23. The molecule has 11 heavy (non-hydrogen) atoms. The summed E-state index contributed by atoms with van der Waals surface area (Å²) in [5, 5.41) is 0. The van der Waals surface area contributed by atoms with E-state index in [-0.39, 0.29) is 6.32 Å². The lowest BCUT2D eigenvalue weighted by molar-refractivity contribution is 0.112. The van der Waals surface area contributed by atoms with Gasteiger partial charge < -0.3 is 0 Å². The van der Waals surface area contributed by atoms with Crippen molar-refractivity contribution >= 4 is 14.1 Å². The third kappa shape index (κ3) is 1.67. The maximum absolute atomic E-state index is 12.8. The molecule has 0 bridgehead atoms. The van der Waals surface area contributed by atoms with Crippen LogP contribution in [0.4, 0.5) is 4.39 Å². The smallest absolute Gasteiger partial charge is 0.150 e. The Morgan fingerprint density at radius 3 is 2.73 bits per heavy atom. The average Bonchev–Trinajstić information content (AvgIpc) is 2.04. The molecule has 0 N–H and O–H groups in total. The quantitative estimate of drug-likeness (QED) is 0.456. The normalized spacial score (nSPS) is 9.55. The Kier molecular flexibility index (Phi) is 2.42. The van der Waals surface area contributed by atoms with Crippen molar-refractivity contribution in [1.29, 1.82) is 0 Å². The number of rotatable bonds is 2. The van der Waals surface area contributed by atoms with Crippen molar-refractivity contribution in [3.8, 4) is 0 Å². The zero-order valence-electron chi connectivity index (χ0n) is 5.88. The van der Waals surface area contributed by atoms with Gasteiger partial charge in [-0.2, -0.15) is 0 Å². The second-order valence-electron chi connectivity index (χ2n) is 2.17. The molecule has 1 rings (SSSR count). The molecule has 0 aliphatic heterocycles. The standard InChI is InChI=1S/C8H6BFO/c9-4-7-2-1-6(5-11)3-8(7)10/h1-3,5H,4H2. The summed E-state index contributed by atoms with van der Waals surface area (Å²) in [5.74, 6) is -0.419. The van der Waals surface area contributed by atoms with Crippen molar-refractivity contribution in [2.24, 2.45) is 0 Å². The van der Waals surface area contributed by atoms with Crippen molar-refractivity contribution in [2.75, 3.05) is 0 Å². The van der Waals surface area contributed by atoms with Gasteiger partial charge in [-0.15, -0.1) is 0 Å². The van der Waals surface area contributed by atoms with Crippen LogP contribution in [0.15, 0.2) is 18.2 Å². The third-order valence-corrected chi connectivity index (χ3v) is 1.43. The van der Waals surface area contributed by atoms with E-state index in [4.69, 9.17) is 7.85 Å². The predicted octanol–water partition coefficient (Wildman–Crippen LogP) is 1.31. The lowest BCUT2D eigenvalue weighted by Crippen LogP contribution is -1.91. The Bertz CT molecular complexity index is 273. The molecule has 54 valence electrons. The van der Waals surface area contributed by atoms with Crippen molar-refractivity contribution in [1.82, 2.24) is 0 Å². The van der Waals surface area contributed by atoms with E-state index in [1.165, 1.54) is 18.2 Å². The molecule has 0 spiro atoms. The molecule has 1 aromatic carbocycles. The van der Waals surface area contributed by atoms with Crippen LogP contribution in [0.3, 0.4) is 0 Å². The Hall–Kier alpha value is -1.12. The van der Waals surface area contributed by atoms with E-state index < -0.39 is 5.82 Å². The summed E-state index contributed by atoms with van der Waals surface area (Å²) >= 11 is 0. The minimum atomic E-state index is -0.419. The molecule has 0 fully saturated rings. The van der Waals surface area contributed by atoms with Crippen LogP contribution in [0, 0.1) is 5.82 Å². The summed E-state index contributed by atoms with van der Waals surface area (Å²) in [6.45, 7) is 0. The molecule has 2 radical (unpaired) electrons. The van der Waals surface area contributed by atoms with E-state index in [0.29, 0.717) is 17.4 Å². The van der Waals surface area contributed by atoms with Gasteiger partial charge in [0.2, 0.25) is 0 Å². The maximum atomic E-state index is 12.8. The molecule has 0 atom stereocenters. The molecule has 0 amide bonds. The van der Waals surface area contributed by atoms with E-state index in [1.807, 2.05) is 0 Å². The summed E-state index contributed by atoms with van der Waals surface area (Å²) in [6.07, 6.45) is 0.758. The van der Waals surface area contributed by atoms with Crippen LogP contribution in [0.25, 0.3) is 0 Å². The second-order valence-corrected chi connectivity index (χ2v) is 2.17. The highest BCUT2D eigenvalue weighted by Crippen LogP contribution is 2.08. The zero-order valence-corrected chi connectivity index (χ0v) is 5.88. The van der Waals surface area contributed by atoms with Crippen LogP contribution in [0.1, 0.15) is 15.9 Å². The van der Waals surface area contributed by atoms with Crippen LogP contribution in [0.5, 0.6) is 0 Å². The SMILES string of the molecule is [B]Cc1ccc(C=O)cc1F. The van der Waals surface area contributed by atoms with Crippen molar-refractivity contribution in [3.05, 3.63) is 35.1 Å². The van der Waals surface area contributed by atoms with E-state index >= 15 is 0 Å². The Labute approximate surface area is 65.6 Å². The summed E-state index contributed by atoms with van der Waals surface area (Å²) in [5.41, 5.74) is 0.760. The maximum Gasteiger partial charge on any atom is 0.150 e. The Morgan fingerprint density at radius 2 is 2.27 bits per heavy atom. The van der Waals surface area contributed by atoms with Crippen LogP contribution in [-0.2, 0) is 6.32 Å².